The smallest absolute Gasteiger partial charge is 0.00206 e. The fourth-order valence-corrected chi connectivity index (χ4v) is 2.01. The summed E-state index contributed by atoms with van der Waals surface area (Å²) in [5.41, 5.74) is 2.98. The van der Waals surface area contributed by atoms with E-state index in [9.17, 15) is 0 Å². The van der Waals surface area contributed by atoms with E-state index in [4.69, 9.17) is 0 Å². The number of rotatable bonds is 2. The Kier molecular flexibility index (Phi) is 5.41. The van der Waals surface area contributed by atoms with Crippen molar-refractivity contribution in [1.82, 2.24) is 5.32 Å². The van der Waals surface area contributed by atoms with Crippen LogP contribution in [0.15, 0.2) is 24.3 Å². The molecule has 84 valence electrons. The van der Waals surface area contributed by atoms with Crippen molar-refractivity contribution in [2.75, 3.05) is 13.1 Å². The Morgan fingerprint density at radius 3 is 2.73 bits per heavy atom. The molecular formula is C14H23N. The van der Waals surface area contributed by atoms with E-state index >= 15 is 0 Å². The van der Waals surface area contributed by atoms with E-state index in [-0.39, 0.29) is 0 Å². The van der Waals surface area contributed by atoms with Crippen LogP contribution >= 0.6 is 0 Å². The highest BCUT2D eigenvalue weighted by molar-refractivity contribution is 5.27. The van der Waals surface area contributed by atoms with Crippen LogP contribution in [0.3, 0.4) is 0 Å². The summed E-state index contributed by atoms with van der Waals surface area (Å²) in [5, 5.41) is 3.41. The lowest BCUT2D eigenvalue weighted by molar-refractivity contribution is 0.761. The van der Waals surface area contributed by atoms with Gasteiger partial charge in [-0.05, 0) is 36.4 Å². The molecule has 0 spiro atoms. The number of aryl methyl sites for hydroxylation is 1. The van der Waals surface area contributed by atoms with Gasteiger partial charge in [0.2, 0.25) is 0 Å². The Morgan fingerprint density at radius 2 is 2.13 bits per heavy atom. The molecule has 1 heteroatoms. The average Bonchev–Trinajstić information content (AvgIpc) is 2.85. The zero-order valence-corrected chi connectivity index (χ0v) is 10.2. The van der Waals surface area contributed by atoms with Crippen molar-refractivity contribution in [1.29, 1.82) is 0 Å². The highest BCUT2D eigenvalue weighted by atomic mass is 14.9. The van der Waals surface area contributed by atoms with Crippen LogP contribution < -0.4 is 5.32 Å². The topological polar surface area (TPSA) is 12.0 Å². The third-order valence-electron chi connectivity index (χ3n) is 2.89. The first-order valence-corrected chi connectivity index (χ1v) is 6.19. The zero-order valence-electron chi connectivity index (χ0n) is 10.2. The summed E-state index contributed by atoms with van der Waals surface area (Å²) >= 11 is 0. The van der Waals surface area contributed by atoms with E-state index in [2.05, 4.69) is 36.5 Å². The molecule has 1 unspecified atom stereocenters. The molecule has 1 fully saturated rings. The quantitative estimate of drug-likeness (QED) is 0.780. The molecule has 15 heavy (non-hydrogen) atoms. The van der Waals surface area contributed by atoms with Gasteiger partial charge < -0.3 is 5.32 Å². The summed E-state index contributed by atoms with van der Waals surface area (Å²) in [7, 11) is 0. The lowest BCUT2D eigenvalue weighted by Crippen LogP contribution is -2.08. The second kappa shape index (κ2) is 6.62. The molecule has 1 aliphatic heterocycles. The fraction of sp³-hybridized carbons (Fsp3) is 0.571. The number of hydrogen-bond donors (Lipinski definition) is 1. The largest absolute Gasteiger partial charge is 0.316 e. The maximum atomic E-state index is 3.41. The second-order valence-electron chi connectivity index (χ2n) is 3.79. The van der Waals surface area contributed by atoms with Crippen molar-refractivity contribution in [3.05, 3.63) is 35.4 Å². The number of benzene rings is 1. The van der Waals surface area contributed by atoms with Crippen LogP contribution in [0.1, 0.15) is 44.2 Å². The van der Waals surface area contributed by atoms with E-state index in [1.165, 1.54) is 24.1 Å². The molecule has 1 aromatic rings. The van der Waals surface area contributed by atoms with Gasteiger partial charge in [-0.2, -0.15) is 0 Å². The molecule has 0 radical (unpaired) electrons. The van der Waals surface area contributed by atoms with Crippen LogP contribution in [0.4, 0.5) is 0 Å². The molecule has 1 aliphatic rings. The van der Waals surface area contributed by atoms with E-state index in [0.717, 1.165) is 18.9 Å². The first kappa shape index (κ1) is 12.3. The molecule has 0 aliphatic carbocycles. The van der Waals surface area contributed by atoms with Crippen LogP contribution in [0, 0.1) is 0 Å². The lowest BCUT2D eigenvalue weighted by Gasteiger charge is -2.09. The lowest BCUT2D eigenvalue weighted by atomic mass is 9.96. The fourth-order valence-electron chi connectivity index (χ4n) is 2.01. The Balaban J connectivity index is 0.000000531. The van der Waals surface area contributed by atoms with Crippen molar-refractivity contribution in [3.63, 3.8) is 0 Å². The van der Waals surface area contributed by atoms with Crippen LogP contribution in [0.5, 0.6) is 0 Å². The van der Waals surface area contributed by atoms with Crippen LogP contribution in [0.2, 0.25) is 0 Å². The van der Waals surface area contributed by atoms with Crippen molar-refractivity contribution < 1.29 is 0 Å². The van der Waals surface area contributed by atoms with Crippen molar-refractivity contribution in [2.24, 2.45) is 0 Å². The summed E-state index contributed by atoms with van der Waals surface area (Å²) in [6.45, 7) is 8.56. The van der Waals surface area contributed by atoms with Crippen molar-refractivity contribution >= 4 is 0 Å². The van der Waals surface area contributed by atoms with Crippen molar-refractivity contribution in [3.8, 4) is 0 Å². The van der Waals surface area contributed by atoms with Gasteiger partial charge in [-0.15, -0.1) is 0 Å². The van der Waals surface area contributed by atoms with Crippen LogP contribution in [-0.2, 0) is 6.42 Å². The first-order valence-electron chi connectivity index (χ1n) is 6.19. The van der Waals surface area contributed by atoms with Gasteiger partial charge in [-0.25, -0.2) is 0 Å². The molecule has 1 saturated heterocycles. The zero-order chi connectivity index (χ0) is 11.1. The third-order valence-corrected chi connectivity index (χ3v) is 2.89. The third kappa shape index (κ3) is 3.35. The highest BCUT2D eigenvalue weighted by Gasteiger charge is 2.15. The maximum absolute atomic E-state index is 3.41. The van der Waals surface area contributed by atoms with Gasteiger partial charge in [0.1, 0.15) is 0 Å². The van der Waals surface area contributed by atoms with Gasteiger partial charge in [0, 0.05) is 6.54 Å². The normalized spacial score (nSPS) is 19.5. The summed E-state index contributed by atoms with van der Waals surface area (Å²) in [5.74, 6) is 0.756. The van der Waals surface area contributed by atoms with E-state index in [1.54, 1.807) is 0 Å². The predicted molar refractivity (Wildman–Crippen MR) is 67.4 cm³/mol. The standard InChI is InChI=1S/C12H17N.C2H6/c1-2-10-4-3-5-11(8-10)12-6-7-13-9-12;1-2/h3-5,8,12-13H,2,6-7,9H2,1H3;1-2H3. The van der Waals surface area contributed by atoms with E-state index < -0.39 is 0 Å². The molecule has 1 N–H and O–H groups in total. The minimum Gasteiger partial charge on any atom is -0.316 e. The molecule has 0 bridgehead atoms. The first-order chi connectivity index (χ1) is 7.40. The SMILES string of the molecule is CC.CCc1cccc(C2CCNC2)c1. The molecule has 1 nitrogen and oxygen atoms in total. The minimum absolute atomic E-state index is 0.756. The summed E-state index contributed by atoms with van der Waals surface area (Å²) in [4.78, 5) is 0. The second-order valence-corrected chi connectivity index (χ2v) is 3.79. The minimum atomic E-state index is 0.756. The molecule has 2 rings (SSSR count). The Morgan fingerprint density at radius 1 is 1.33 bits per heavy atom. The Bertz CT molecular complexity index is 274. The van der Waals surface area contributed by atoms with Crippen molar-refractivity contribution in [2.45, 2.75) is 39.5 Å². The van der Waals surface area contributed by atoms with E-state index in [0.29, 0.717) is 0 Å². The van der Waals surface area contributed by atoms with Gasteiger partial charge in [-0.1, -0.05) is 45.0 Å². The van der Waals surface area contributed by atoms with Crippen LogP contribution in [0.25, 0.3) is 0 Å². The van der Waals surface area contributed by atoms with Gasteiger partial charge in [0.25, 0.3) is 0 Å². The van der Waals surface area contributed by atoms with E-state index in [1.807, 2.05) is 13.8 Å². The Labute approximate surface area is 93.9 Å². The predicted octanol–water partition coefficient (Wildman–Crippen LogP) is 3.35. The Hall–Kier alpha value is -0.820. The average molecular weight is 205 g/mol. The molecule has 1 aromatic carbocycles. The van der Waals surface area contributed by atoms with Gasteiger partial charge in [0.05, 0.1) is 0 Å². The number of nitrogens with one attached hydrogen (secondary N) is 1. The molecule has 0 aromatic heterocycles. The monoisotopic (exact) mass is 205 g/mol. The van der Waals surface area contributed by atoms with Crippen LogP contribution in [-0.4, -0.2) is 13.1 Å². The summed E-state index contributed by atoms with van der Waals surface area (Å²) in [6.07, 6.45) is 2.45. The number of hydrogen-bond acceptors (Lipinski definition) is 1. The maximum Gasteiger partial charge on any atom is 0.00206 e. The van der Waals surface area contributed by atoms with Gasteiger partial charge >= 0.3 is 0 Å². The van der Waals surface area contributed by atoms with Gasteiger partial charge in [0.15, 0.2) is 0 Å². The summed E-state index contributed by atoms with van der Waals surface area (Å²) in [6, 6.07) is 9.02. The molecule has 1 heterocycles. The summed E-state index contributed by atoms with van der Waals surface area (Å²) < 4.78 is 0. The molecule has 0 saturated carbocycles. The molecule has 0 amide bonds. The molecule has 1 atom stereocenters. The highest BCUT2D eigenvalue weighted by Crippen LogP contribution is 2.22. The van der Waals surface area contributed by atoms with Gasteiger partial charge in [-0.3, -0.25) is 0 Å². The molecular weight excluding hydrogens is 182 g/mol.